The van der Waals surface area contributed by atoms with E-state index in [2.05, 4.69) is 24.4 Å². The van der Waals surface area contributed by atoms with E-state index in [9.17, 15) is 8.42 Å². The summed E-state index contributed by atoms with van der Waals surface area (Å²) in [4.78, 5) is 0.235. The van der Waals surface area contributed by atoms with E-state index < -0.39 is 9.84 Å². The molecule has 1 aliphatic rings. The van der Waals surface area contributed by atoms with Gasteiger partial charge in [-0.2, -0.15) is 0 Å². The fourth-order valence-corrected chi connectivity index (χ4v) is 3.45. The van der Waals surface area contributed by atoms with Crippen LogP contribution in [0.1, 0.15) is 37.8 Å². The first-order valence-corrected chi connectivity index (χ1v) is 9.11. The Balaban J connectivity index is 2.20. The van der Waals surface area contributed by atoms with Gasteiger partial charge in [-0.3, -0.25) is 0 Å². The molecule has 0 fully saturated rings. The summed E-state index contributed by atoms with van der Waals surface area (Å²) in [7, 11) is -1.78. The summed E-state index contributed by atoms with van der Waals surface area (Å²) < 4.78 is 28.6. The van der Waals surface area contributed by atoms with Crippen molar-refractivity contribution >= 4 is 9.84 Å². The second kappa shape index (κ2) is 6.62. The molecule has 0 saturated heterocycles. The number of allylic oxidation sites excluding steroid dienone is 1. The molecule has 4 nitrogen and oxygen atoms in total. The lowest BCUT2D eigenvalue weighted by molar-refractivity contribution is 0.400. The molecule has 0 amide bonds. The number of benzene rings is 1. The van der Waals surface area contributed by atoms with Crippen LogP contribution in [0.4, 0.5) is 0 Å². The summed E-state index contributed by atoms with van der Waals surface area (Å²) in [6.45, 7) is 2.08. The third kappa shape index (κ3) is 4.08. The molecule has 0 spiro atoms. The van der Waals surface area contributed by atoms with E-state index in [-0.39, 0.29) is 10.9 Å². The molecular formula is C16H23NO3S. The van der Waals surface area contributed by atoms with Gasteiger partial charge in [0.25, 0.3) is 0 Å². The van der Waals surface area contributed by atoms with Crippen LogP contribution in [0.5, 0.6) is 5.75 Å². The normalized spacial score (nSPS) is 20.2. The zero-order valence-corrected chi connectivity index (χ0v) is 13.6. The highest BCUT2D eigenvalue weighted by molar-refractivity contribution is 7.90. The maximum Gasteiger partial charge on any atom is 0.179 e. The lowest BCUT2D eigenvalue weighted by Crippen LogP contribution is -2.31. The lowest BCUT2D eigenvalue weighted by atomic mass is 10.0. The van der Waals surface area contributed by atoms with Crippen LogP contribution in [0.15, 0.2) is 35.2 Å². The molecule has 116 valence electrons. The minimum absolute atomic E-state index is 0.139. The van der Waals surface area contributed by atoms with E-state index in [1.54, 1.807) is 12.1 Å². The summed E-state index contributed by atoms with van der Waals surface area (Å²) >= 11 is 0. The van der Waals surface area contributed by atoms with Crippen molar-refractivity contribution in [3.8, 4) is 5.75 Å². The first-order chi connectivity index (χ1) is 9.91. The van der Waals surface area contributed by atoms with Gasteiger partial charge in [-0.05, 0) is 43.9 Å². The quantitative estimate of drug-likeness (QED) is 0.850. The minimum Gasteiger partial charge on any atom is -0.495 e. The largest absolute Gasteiger partial charge is 0.495 e. The Labute approximate surface area is 127 Å². The minimum atomic E-state index is -3.27. The summed E-state index contributed by atoms with van der Waals surface area (Å²) in [6, 6.07) is 5.80. The van der Waals surface area contributed by atoms with Gasteiger partial charge in [0, 0.05) is 18.3 Å². The monoisotopic (exact) mass is 309 g/mol. The van der Waals surface area contributed by atoms with Gasteiger partial charge in [0.1, 0.15) is 10.6 Å². The van der Waals surface area contributed by atoms with Crippen LogP contribution in [0.25, 0.3) is 0 Å². The van der Waals surface area contributed by atoms with Crippen LogP contribution in [0, 0.1) is 0 Å². The molecule has 1 aromatic rings. The average Bonchev–Trinajstić information content (AvgIpc) is 2.46. The molecule has 0 aromatic heterocycles. The molecule has 0 radical (unpaired) electrons. The lowest BCUT2D eigenvalue weighted by Gasteiger charge is -2.23. The maximum atomic E-state index is 11.7. The number of ether oxygens (including phenoxy) is 1. The van der Waals surface area contributed by atoms with Crippen LogP contribution in [-0.4, -0.2) is 27.8 Å². The van der Waals surface area contributed by atoms with Crippen molar-refractivity contribution in [3.05, 3.63) is 35.9 Å². The third-order valence-corrected chi connectivity index (χ3v) is 4.94. The van der Waals surface area contributed by atoms with Gasteiger partial charge in [-0.25, -0.2) is 8.42 Å². The Morgan fingerprint density at radius 1 is 1.38 bits per heavy atom. The van der Waals surface area contributed by atoms with Gasteiger partial charge < -0.3 is 10.1 Å². The number of rotatable bonds is 5. The van der Waals surface area contributed by atoms with Crippen molar-refractivity contribution < 1.29 is 13.2 Å². The SMILES string of the molecule is COc1cc([C@@H](C)N[C@H]2C=CCCC2)ccc1S(C)(=O)=O. The molecule has 1 aromatic carbocycles. The first-order valence-electron chi connectivity index (χ1n) is 7.22. The van der Waals surface area contributed by atoms with Crippen molar-refractivity contribution in [3.63, 3.8) is 0 Å². The Morgan fingerprint density at radius 2 is 2.14 bits per heavy atom. The van der Waals surface area contributed by atoms with Crippen molar-refractivity contribution in [2.45, 2.75) is 43.2 Å². The first kappa shape index (κ1) is 16.0. The van der Waals surface area contributed by atoms with E-state index in [0.29, 0.717) is 11.8 Å². The molecule has 1 N–H and O–H groups in total. The molecule has 0 aliphatic heterocycles. The Hall–Kier alpha value is -1.33. The van der Waals surface area contributed by atoms with E-state index in [4.69, 9.17) is 4.74 Å². The standard InChI is InChI=1S/C16H23NO3S/c1-12(17-14-7-5-4-6-8-14)13-9-10-16(21(3,18)19)15(11-13)20-2/h5,7,9-12,14,17H,4,6,8H2,1-3H3/t12-,14+/m1/s1. The van der Waals surface area contributed by atoms with Crippen molar-refractivity contribution in [2.24, 2.45) is 0 Å². The average molecular weight is 309 g/mol. The topological polar surface area (TPSA) is 55.4 Å². The summed E-state index contributed by atoms with van der Waals surface area (Å²) in [6.07, 6.45) is 9.11. The van der Waals surface area contributed by atoms with Crippen molar-refractivity contribution in [2.75, 3.05) is 13.4 Å². The predicted molar refractivity (Wildman–Crippen MR) is 84.4 cm³/mol. The van der Waals surface area contributed by atoms with E-state index >= 15 is 0 Å². The van der Waals surface area contributed by atoms with Crippen LogP contribution in [0.3, 0.4) is 0 Å². The van der Waals surface area contributed by atoms with Crippen LogP contribution >= 0.6 is 0 Å². The molecule has 0 heterocycles. The smallest absolute Gasteiger partial charge is 0.179 e. The molecule has 0 saturated carbocycles. The Morgan fingerprint density at radius 3 is 2.71 bits per heavy atom. The van der Waals surface area contributed by atoms with Gasteiger partial charge in [0.05, 0.1) is 7.11 Å². The number of hydrogen-bond acceptors (Lipinski definition) is 4. The van der Waals surface area contributed by atoms with Crippen molar-refractivity contribution in [1.82, 2.24) is 5.32 Å². The molecule has 0 unspecified atom stereocenters. The highest BCUT2D eigenvalue weighted by atomic mass is 32.2. The summed E-state index contributed by atoms with van der Waals surface area (Å²) in [5, 5.41) is 3.55. The second-order valence-electron chi connectivity index (χ2n) is 5.54. The van der Waals surface area contributed by atoms with Crippen LogP contribution in [0.2, 0.25) is 0 Å². The highest BCUT2D eigenvalue weighted by Crippen LogP contribution is 2.28. The fourth-order valence-electron chi connectivity index (χ4n) is 2.63. The Kier molecular flexibility index (Phi) is 5.06. The van der Waals surface area contributed by atoms with E-state index in [1.165, 1.54) is 19.8 Å². The summed E-state index contributed by atoms with van der Waals surface area (Å²) in [5.74, 6) is 0.405. The zero-order chi connectivity index (χ0) is 15.5. The second-order valence-corrected chi connectivity index (χ2v) is 7.52. The van der Waals surface area contributed by atoms with Gasteiger partial charge >= 0.3 is 0 Å². The zero-order valence-electron chi connectivity index (χ0n) is 12.8. The summed E-state index contributed by atoms with van der Waals surface area (Å²) in [5.41, 5.74) is 1.03. The Bertz CT molecular complexity index is 622. The predicted octanol–water partition coefficient (Wildman–Crippen LogP) is 2.86. The fraction of sp³-hybridized carbons (Fsp3) is 0.500. The number of nitrogens with one attached hydrogen (secondary N) is 1. The molecule has 0 bridgehead atoms. The van der Waals surface area contributed by atoms with Gasteiger partial charge in [-0.1, -0.05) is 18.2 Å². The van der Waals surface area contributed by atoms with E-state index in [1.807, 2.05) is 6.07 Å². The number of methoxy groups -OCH3 is 1. The van der Waals surface area contributed by atoms with Gasteiger partial charge in [0.2, 0.25) is 0 Å². The highest BCUT2D eigenvalue weighted by Gasteiger charge is 2.18. The molecule has 21 heavy (non-hydrogen) atoms. The van der Waals surface area contributed by atoms with Crippen molar-refractivity contribution in [1.29, 1.82) is 0 Å². The van der Waals surface area contributed by atoms with Crippen LogP contribution < -0.4 is 10.1 Å². The molecular weight excluding hydrogens is 286 g/mol. The van der Waals surface area contributed by atoms with Crippen LogP contribution in [-0.2, 0) is 9.84 Å². The van der Waals surface area contributed by atoms with E-state index in [0.717, 1.165) is 18.4 Å². The number of sulfone groups is 1. The molecule has 2 atom stereocenters. The third-order valence-electron chi connectivity index (χ3n) is 3.81. The molecule has 1 aliphatic carbocycles. The maximum absolute atomic E-state index is 11.7. The van der Waals surface area contributed by atoms with Gasteiger partial charge in [0.15, 0.2) is 9.84 Å². The molecule has 2 rings (SSSR count). The number of hydrogen-bond donors (Lipinski definition) is 1. The van der Waals surface area contributed by atoms with Gasteiger partial charge in [-0.15, -0.1) is 0 Å². The molecule has 5 heteroatoms.